The highest BCUT2D eigenvalue weighted by atomic mass is 16.3. The van der Waals surface area contributed by atoms with E-state index >= 15 is 0 Å². The quantitative estimate of drug-likeness (QED) is 0.674. The summed E-state index contributed by atoms with van der Waals surface area (Å²) in [5, 5.41) is 10.6. The Balaban J connectivity index is 1.28. The maximum absolute atomic E-state index is 13.5. The summed E-state index contributed by atoms with van der Waals surface area (Å²) < 4.78 is 0. The van der Waals surface area contributed by atoms with Crippen LogP contribution in [0.15, 0.2) is 30.3 Å². The second-order valence-electron chi connectivity index (χ2n) is 12.0. The molecule has 0 radical (unpaired) electrons. The number of hydrogen-bond acceptors (Lipinski definition) is 3. The molecular formula is C28H41NO2. The topological polar surface area (TPSA) is 40.5 Å². The maximum atomic E-state index is 13.5. The molecule has 1 aromatic carbocycles. The van der Waals surface area contributed by atoms with Crippen LogP contribution in [0.2, 0.25) is 0 Å². The molecular weight excluding hydrogens is 382 g/mol. The third-order valence-corrected chi connectivity index (χ3v) is 10.2. The minimum Gasteiger partial charge on any atom is -0.390 e. The summed E-state index contributed by atoms with van der Waals surface area (Å²) in [4.78, 5) is 15.6. The van der Waals surface area contributed by atoms with Gasteiger partial charge < -0.3 is 10.0 Å². The van der Waals surface area contributed by atoms with Gasteiger partial charge >= 0.3 is 0 Å². The first kappa shape index (κ1) is 21.5. The highest BCUT2D eigenvalue weighted by Crippen LogP contribution is 2.64. The lowest BCUT2D eigenvalue weighted by molar-refractivity contribution is -0.131. The summed E-state index contributed by atoms with van der Waals surface area (Å²) in [6.07, 6.45) is 10.7. The Bertz CT molecular complexity index is 804. The normalized spacial score (nSPS) is 44.1. The van der Waals surface area contributed by atoms with Crippen molar-refractivity contribution in [2.45, 2.75) is 77.2 Å². The number of ketones is 1. The number of carbonyl (C=O) groups is 1. The largest absolute Gasteiger partial charge is 0.390 e. The standard InChI is InChI=1S/C28H41NO2/c1-27(31)15-13-21-19(17-27)9-10-23-22(21)14-16-28(2)24(23)11-12-25(28)26(30)18-29(3)20-7-5-4-6-8-20/h4-8,19,21-25,31H,9-18H2,1-3H3/t19-,21+,22-,23-,24+,25-,27-,28+/m1/s1. The van der Waals surface area contributed by atoms with Crippen LogP contribution in [0.5, 0.6) is 0 Å². The van der Waals surface area contributed by atoms with Crippen LogP contribution in [0, 0.1) is 40.9 Å². The average Bonchev–Trinajstić information content (AvgIpc) is 3.10. The van der Waals surface area contributed by atoms with Gasteiger partial charge in [-0.05, 0) is 112 Å². The second-order valence-corrected chi connectivity index (χ2v) is 12.0. The second kappa shape index (κ2) is 7.90. The fraction of sp³-hybridized carbons (Fsp3) is 0.750. The summed E-state index contributed by atoms with van der Waals surface area (Å²) >= 11 is 0. The molecule has 0 aliphatic heterocycles. The van der Waals surface area contributed by atoms with E-state index in [4.69, 9.17) is 0 Å². The van der Waals surface area contributed by atoms with E-state index in [1.54, 1.807) is 0 Å². The average molecular weight is 424 g/mol. The minimum absolute atomic E-state index is 0.197. The predicted octanol–water partition coefficient (Wildman–Crippen LogP) is 5.71. The zero-order chi connectivity index (χ0) is 21.8. The van der Waals surface area contributed by atoms with Crippen molar-refractivity contribution in [2.75, 3.05) is 18.5 Å². The number of fused-ring (bicyclic) bond motifs is 5. The van der Waals surface area contributed by atoms with Crippen molar-refractivity contribution in [1.29, 1.82) is 0 Å². The van der Waals surface area contributed by atoms with Crippen LogP contribution in [0.25, 0.3) is 0 Å². The Morgan fingerprint density at radius 3 is 2.48 bits per heavy atom. The number of para-hydroxylation sites is 1. The van der Waals surface area contributed by atoms with E-state index in [2.05, 4.69) is 31.0 Å². The molecule has 170 valence electrons. The zero-order valence-electron chi connectivity index (χ0n) is 19.7. The molecule has 0 saturated heterocycles. The molecule has 4 aliphatic rings. The van der Waals surface area contributed by atoms with Gasteiger partial charge in [0.15, 0.2) is 5.78 Å². The molecule has 0 bridgehead atoms. The monoisotopic (exact) mass is 423 g/mol. The van der Waals surface area contributed by atoms with Crippen LogP contribution in [-0.4, -0.2) is 30.1 Å². The number of rotatable bonds is 4. The lowest BCUT2D eigenvalue weighted by Gasteiger charge is -2.56. The molecule has 4 fully saturated rings. The number of Topliss-reactive ketones (excluding diaryl/α,β-unsaturated/α-hetero) is 1. The fourth-order valence-corrected chi connectivity index (χ4v) is 8.73. The summed E-state index contributed by atoms with van der Waals surface area (Å²) in [7, 11) is 2.05. The number of nitrogens with zero attached hydrogens (tertiary/aromatic N) is 1. The number of benzene rings is 1. The smallest absolute Gasteiger partial charge is 0.155 e. The highest BCUT2D eigenvalue weighted by Gasteiger charge is 2.58. The third kappa shape index (κ3) is 3.75. The molecule has 0 spiro atoms. The molecule has 31 heavy (non-hydrogen) atoms. The summed E-state index contributed by atoms with van der Waals surface area (Å²) in [5.74, 6) is 4.62. The van der Waals surface area contributed by atoms with Gasteiger partial charge in [0.2, 0.25) is 0 Å². The van der Waals surface area contributed by atoms with Gasteiger partial charge in [0.1, 0.15) is 0 Å². The SMILES string of the molecule is CN(CC(=O)[C@H]1CC[C@H]2[C@@H]3CC[C@@H]4C[C@](C)(O)CC[C@@H]4[C@H]3CC[C@]12C)c1ccccc1. The van der Waals surface area contributed by atoms with Crippen molar-refractivity contribution in [3.8, 4) is 0 Å². The van der Waals surface area contributed by atoms with Gasteiger partial charge in [-0.15, -0.1) is 0 Å². The van der Waals surface area contributed by atoms with Crippen molar-refractivity contribution in [1.82, 2.24) is 0 Å². The molecule has 0 heterocycles. The Morgan fingerprint density at radius 1 is 0.968 bits per heavy atom. The van der Waals surface area contributed by atoms with E-state index in [9.17, 15) is 9.90 Å². The van der Waals surface area contributed by atoms with Gasteiger partial charge in [-0.3, -0.25) is 4.79 Å². The van der Waals surface area contributed by atoms with Crippen LogP contribution in [0.1, 0.15) is 71.6 Å². The van der Waals surface area contributed by atoms with Crippen LogP contribution in [-0.2, 0) is 4.79 Å². The Labute approximate surface area is 188 Å². The van der Waals surface area contributed by atoms with Gasteiger partial charge in [-0.2, -0.15) is 0 Å². The molecule has 1 N–H and O–H groups in total. The first-order valence-electron chi connectivity index (χ1n) is 12.8. The molecule has 0 unspecified atom stereocenters. The first-order valence-corrected chi connectivity index (χ1v) is 12.8. The molecule has 4 saturated carbocycles. The number of aliphatic hydroxyl groups is 1. The number of hydrogen-bond donors (Lipinski definition) is 1. The molecule has 0 amide bonds. The fourth-order valence-electron chi connectivity index (χ4n) is 8.73. The van der Waals surface area contributed by atoms with E-state index < -0.39 is 5.60 Å². The van der Waals surface area contributed by atoms with Crippen LogP contribution in [0.4, 0.5) is 5.69 Å². The van der Waals surface area contributed by atoms with Crippen molar-refractivity contribution >= 4 is 11.5 Å². The molecule has 3 nitrogen and oxygen atoms in total. The Morgan fingerprint density at radius 2 is 1.71 bits per heavy atom. The van der Waals surface area contributed by atoms with Crippen LogP contribution < -0.4 is 4.90 Å². The van der Waals surface area contributed by atoms with E-state index in [1.807, 2.05) is 25.1 Å². The third-order valence-electron chi connectivity index (χ3n) is 10.2. The highest BCUT2D eigenvalue weighted by molar-refractivity contribution is 5.86. The summed E-state index contributed by atoms with van der Waals surface area (Å²) in [5.41, 5.74) is 0.890. The van der Waals surface area contributed by atoms with Crippen molar-refractivity contribution in [3.05, 3.63) is 30.3 Å². The lowest BCUT2D eigenvalue weighted by Crippen LogP contribution is -2.51. The molecule has 4 aliphatic carbocycles. The molecule has 3 heteroatoms. The van der Waals surface area contributed by atoms with Gasteiger partial charge in [-0.25, -0.2) is 0 Å². The van der Waals surface area contributed by atoms with Crippen molar-refractivity contribution in [3.63, 3.8) is 0 Å². The predicted molar refractivity (Wildman–Crippen MR) is 126 cm³/mol. The molecule has 8 atom stereocenters. The van der Waals surface area contributed by atoms with Crippen molar-refractivity contribution in [2.24, 2.45) is 40.9 Å². The number of carbonyl (C=O) groups excluding carboxylic acids is 1. The zero-order valence-corrected chi connectivity index (χ0v) is 19.7. The Kier molecular flexibility index (Phi) is 5.48. The molecule has 1 aromatic rings. The van der Waals surface area contributed by atoms with E-state index in [1.165, 1.54) is 38.5 Å². The number of anilines is 1. The van der Waals surface area contributed by atoms with E-state index in [0.717, 1.165) is 54.5 Å². The Hall–Kier alpha value is -1.35. The maximum Gasteiger partial charge on any atom is 0.155 e. The first-order chi connectivity index (χ1) is 14.8. The molecule has 5 rings (SSSR count). The van der Waals surface area contributed by atoms with Crippen LogP contribution in [0.3, 0.4) is 0 Å². The molecule has 0 aromatic heterocycles. The van der Waals surface area contributed by atoms with Gasteiger partial charge in [0.05, 0.1) is 12.1 Å². The van der Waals surface area contributed by atoms with E-state index in [0.29, 0.717) is 12.3 Å². The van der Waals surface area contributed by atoms with Gasteiger partial charge in [0.25, 0.3) is 0 Å². The van der Waals surface area contributed by atoms with Crippen LogP contribution >= 0.6 is 0 Å². The lowest BCUT2D eigenvalue weighted by atomic mass is 9.49. The van der Waals surface area contributed by atoms with Crippen molar-refractivity contribution < 1.29 is 9.90 Å². The number of likely N-dealkylation sites (N-methyl/N-ethyl adjacent to an activating group) is 1. The van der Waals surface area contributed by atoms with Gasteiger partial charge in [-0.1, -0.05) is 25.1 Å². The van der Waals surface area contributed by atoms with E-state index in [-0.39, 0.29) is 11.3 Å². The minimum atomic E-state index is -0.438. The summed E-state index contributed by atoms with van der Waals surface area (Å²) in [6.45, 7) is 5.04. The summed E-state index contributed by atoms with van der Waals surface area (Å²) in [6, 6.07) is 10.3. The van der Waals surface area contributed by atoms with Gasteiger partial charge in [0, 0.05) is 18.7 Å².